The maximum Gasteiger partial charge on any atom is 0.158 e. The lowest BCUT2D eigenvalue weighted by Gasteiger charge is -2.43. The molecular formula is C12H16O2. The Morgan fingerprint density at radius 2 is 2.29 bits per heavy atom. The Hall–Kier alpha value is -0.890. The first-order valence-corrected chi connectivity index (χ1v) is 5.11. The lowest BCUT2D eigenvalue weighted by molar-refractivity contribution is -0.124. The highest BCUT2D eigenvalue weighted by molar-refractivity contribution is 5.92. The Morgan fingerprint density at radius 1 is 1.57 bits per heavy atom. The molecule has 0 amide bonds. The predicted molar refractivity (Wildman–Crippen MR) is 54.8 cm³/mol. The van der Waals surface area contributed by atoms with Crippen molar-refractivity contribution in [3.8, 4) is 0 Å². The van der Waals surface area contributed by atoms with Crippen LogP contribution in [0.5, 0.6) is 0 Å². The Kier molecular flexibility index (Phi) is 2.11. The molecule has 0 aromatic rings. The van der Waals surface area contributed by atoms with Crippen LogP contribution in [0.2, 0.25) is 0 Å². The van der Waals surface area contributed by atoms with Crippen LogP contribution in [0.4, 0.5) is 0 Å². The molecule has 2 aliphatic rings. The van der Waals surface area contributed by atoms with E-state index < -0.39 is 5.60 Å². The van der Waals surface area contributed by atoms with Gasteiger partial charge in [0.2, 0.25) is 0 Å². The van der Waals surface area contributed by atoms with Crippen LogP contribution < -0.4 is 0 Å². The smallest absolute Gasteiger partial charge is 0.158 e. The molecule has 14 heavy (non-hydrogen) atoms. The zero-order valence-corrected chi connectivity index (χ0v) is 8.55. The molecule has 0 unspecified atom stereocenters. The fourth-order valence-corrected chi connectivity index (χ4v) is 2.81. The molecule has 0 spiro atoms. The summed E-state index contributed by atoms with van der Waals surface area (Å²) < 4.78 is 0. The highest BCUT2D eigenvalue weighted by Gasteiger charge is 2.44. The van der Waals surface area contributed by atoms with Gasteiger partial charge in [-0.3, -0.25) is 4.79 Å². The molecule has 0 saturated heterocycles. The van der Waals surface area contributed by atoms with Gasteiger partial charge in [-0.1, -0.05) is 17.7 Å². The first-order valence-electron chi connectivity index (χ1n) is 5.11. The zero-order valence-electron chi connectivity index (χ0n) is 8.55. The molecule has 2 heteroatoms. The van der Waals surface area contributed by atoms with Crippen molar-refractivity contribution >= 4 is 5.78 Å². The number of rotatable bonds is 0. The second-order valence-corrected chi connectivity index (χ2v) is 4.65. The first-order chi connectivity index (χ1) is 6.51. The Bertz CT molecular complexity index is 327. The number of fused-ring (bicyclic) bond motifs is 1. The number of ketones is 1. The van der Waals surface area contributed by atoms with E-state index in [1.807, 2.05) is 6.92 Å². The molecule has 0 aliphatic heterocycles. The number of hydrogen-bond acceptors (Lipinski definition) is 2. The largest absolute Gasteiger partial charge is 0.388 e. The Labute approximate surface area is 84.3 Å². The van der Waals surface area contributed by atoms with E-state index in [1.165, 1.54) is 0 Å². The van der Waals surface area contributed by atoms with Gasteiger partial charge in [0.1, 0.15) is 0 Å². The molecule has 0 bridgehead atoms. The summed E-state index contributed by atoms with van der Waals surface area (Å²) in [6, 6.07) is 0. The van der Waals surface area contributed by atoms with Gasteiger partial charge in [-0.15, -0.1) is 0 Å². The minimum atomic E-state index is -0.828. The van der Waals surface area contributed by atoms with E-state index >= 15 is 0 Å². The van der Waals surface area contributed by atoms with Crippen LogP contribution in [0.25, 0.3) is 0 Å². The molecule has 76 valence electrons. The van der Waals surface area contributed by atoms with Crippen molar-refractivity contribution in [2.24, 2.45) is 5.92 Å². The summed E-state index contributed by atoms with van der Waals surface area (Å²) in [5.74, 6) is 0.224. The van der Waals surface area contributed by atoms with Crippen LogP contribution in [0.3, 0.4) is 0 Å². The van der Waals surface area contributed by atoms with Crippen LogP contribution in [0.15, 0.2) is 23.8 Å². The van der Waals surface area contributed by atoms with E-state index in [1.54, 1.807) is 6.08 Å². The summed E-state index contributed by atoms with van der Waals surface area (Å²) in [6.07, 6.45) is 4.47. The van der Waals surface area contributed by atoms with Gasteiger partial charge in [-0.25, -0.2) is 0 Å². The minimum absolute atomic E-state index is 0.0518. The molecule has 1 N–H and O–H groups in total. The van der Waals surface area contributed by atoms with E-state index in [9.17, 15) is 9.90 Å². The van der Waals surface area contributed by atoms with Crippen molar-refractivity contribution < 1.29 is 9.90 Å². The van der Waals surface area contributed by atoms with E-state index in [2.05, 4.69) is 6.58 Å². The zero-order chi connectivity index (χ0) is 10.3. The molecule has 2 aliphatic carbocycles. The molecule has 1 fully saturated rings. The van der Waals surface area contributed by atoms with Gasteiger partial charge in [0.15, 0.2) is 5.78 Å². The average molecular weight is 192 g/mol. The van der Waals surface area contributed by atoms with Crippen LogP contribution in [-0.4, -0.2) is 16.5 Å². The maximum absolute atomic E-state index is 11.4. The third-order valence-electron chi connectivity index (χ3n) is 3.41. The maximum atomic E-state index is 11.4. The van der Waals surface area contributed by atoms with Gasteiger partial charge >= 0.3 is 0 Å². The van der Waals surface area contributed by atoms with Gasteiger partial charge in [0, 0.05) is 12.3 Å². The van der Waals surface area contributed by atoms with Crippen LogP contribution >= 0.6 is 0 Å². The lowest BCUT2D eigenvalue weighted by Crippen LogP contribution is -2.45. The number of hydrogen-bond donors (Lipinski definition) is 1. The summed E-state index contributed by atoms with van der Waals surface area (Å²) in [5, 5.41) is 10.4. The predicted octanol–water partition coefficient (Wildman–Crippen LogP) is 1.99. The molecule has 0 aromatic carbocycles. The van der Waals surface area contributed by atoms with Crippen LogP contribution in [0, 0.1) is 5.92 Å². The molecule has 1 saturated carbocycles. The standard InChI is InChI=1S/C12H16O2/c1-8-3-4-11-9(2)5-10(13)7-12(11,14)6-8/h5,11,14H,1,3-4,6-7H2,2H3/t11-,12+/m0/s1. The van der Waals surface area contributed by atoms with Gasteiger partial charge < -0.3 is 5.11 Å². The SMILES string of the molecule is C=C1CC[C@H]2C(C)=CC(=O)C[C@]2(O)C1. The highest BCUT2D eigenvalue weighted by Crippen LogP contribution is 2.44. The van der Waals surface area contributed by atoms with E-state index in [0.29, 0.717) is 6.42 Å². The molecule has 0 heterocycles. The molecule has 2 nitrogen and oxygen atoms in total. The normalized spacial score (nSPS) is 37.9. The number of aliphatic hydroxyl groups is 1. The number of allylic oxidation sites excluding steroid dienone is 1. The second-order valence-electron chi connectivity index (χ2n) is 4.65. The second kappa shape index (κ2) is 3.06. The Balaban J connectivity index is 2.34. The van der Waals surface area contributed by atoms with Crippen molar-refractivity contribution in [3.63, 3.8) is 0 Å². The fourth-order valence-electron chi connectivity index (χ4n) is 2.81. The molecule has 0 radical (unpaired) electrons. The quantitative estimate of drug-likeness (QED) is 0.596. The monoisotopic (exact) mass is 192 g/mol. The first kappa shape index (κ1) is 9.66. The van der Waals surface area contributed by atoms with Crippen molar-refractivity contribution in [2.75, 3.05) is 0 Å². The highest BCUT2D eigenvalue weighted by atomic mass is 16.3. The number of carbonyl (C=O) groups excluding carboxylic acids is 1. The van der Waals surface area contributed by atoms with Crippen molar-refractivity contribution in [2.45, 2.75) is 38.2 Å². The number of carbonyl (C=O) groups is 1. The molecule has 2 rings (SSSR count). The van der Waals surface area contributed by atoms with Crippen LogP contribution in [0.1, 0.15) is 32.6 Å². The van der Waals surface area contributed by atoms with Gasteiger partial charge in [-0.05, 0) is 32.3 Å². The summed E-state index contributed by atoms with van der Waals surface area (Å²) in [7, 11) is 0. The molecule has 2 atom stereocenters. The van der Waals surface area contributed by atoms with E-state index in [4.69, 9.17) is 0 Å². The van der Waals surface area contributed by atoms with Gasteiger partial charge in [0.25, 0.3) is 0 Å². The summed E-state index contributed by atoms with van der Waals surface area (Å²) in [6.45, 7) is 5.85. The molecule has 0 aromatic heterocycles. The van der Waals surface area contributed by atoms with E-state index in [-0.39, 0.29) is 18.1 Å². The third kappa shape index (κ3) is 1.44. The minimum Gasteiger partial charge on any atom is -0.388 e. The molecular weight excluding hydrogens is 176 g/mol. The van der Waals surface area contributed by atoms with Gasteiger partial charge in [0.05, 0.1) is 5.60 Å². The summed E-state index contributed by atoms with van der Waals surface area (Å²) in [5.41, 5.74) is 1.29. The Morgan fingerprint density at radius 3 is 3.00 bits per heavy atom. The topological polar surface area (TPSA) is 37.3 Å². The summed E-state index contributed by atoms with van der Waals surface area (Å²) in [4.78, 5) is 11.4. The summed E-state index contributed by atoms with van der Waals surface area (Å²) >= 11 is 0. The fraction of sp³-hybridized carbons (Fsp3) is 0.583. The van der Waals surface area contributed by atoms with Crippen molar-refractivity contribution in [3.05, 3.63) is 23.8 Å². The van der Waals surface area contributed by atoms with Crippen LogP contribution in [-0.2, 0) is 4.79 Å². The van der Waals surface area contributed by atoms with Crippen molar-refractivity contribution in [1.82, 2.24) is 0 Å². The average Bonchev–Trinajstić information content (AvgIpc) is 1.99. The van der Waals surface area contributed by atoms with E-state index in [0.717, 1.165) is 24.0 Å². The van der Waals surface area contributed by atoms with Gasteiger partial charge in [-0.2, -0.15) is 0 Å². The van der Waals surface area contributed by atoms with Crippen molar-refractivity contribution in [1.29, 1.82) is 0 Å². The third-order valence-corrected chi connectivity index (χ3v) is 3.41. The lowest BCUT2D eigenvalue weighted by atomic mass is 9.66.